The van der Waals surface area contributed by atoms with Crippen molar-refractivity contribution in [3.05, 3.63) is 82.4 Å². The number of benzene rings is 2. The summed E-state index contributed by atoms with van der Waals surface area (Å²) in [5.41, 5.74) is 5.81. The summed E-state index contributed by atoms with van der Waals surface area (Å²) in [4.78, 5) is 50.3. The average molecular weight is 649 g/mol. The lowest BCUT2D eigenvalue weighted by Crippen LogP contribution is -2.45. The quantitative estimate of drug-likeness (QED) is 0.134. The van der Waals surface area contributed by atoms with Crippen LogP contribution in [0, 0.1) is 10.1 Å². The number of aromatic nitrogens is 4. The Bertz CT molecular complexity index is 1770. The lowest BCUT2D eigenvalue weighted by atomic mass is 9.87. The van der Waals surface area contributed by atoms with Crippen LogP contribution < -0.4 is 10.5 Å². The summed E-state index contributed by atoms with van der Waals surface area (Å²) in [5.74, 6) is -0.580. The third kappa shape index (κ3) is 6.85. The van der Waals surface area contributed by atoms with E-state index in [1.54, 1.807) is 37.3 Å². The SMILES string of the molecule is CC(COC(=O)O[C@H]1C[C@](C(=O)COc2ccc(C(C)(C)C)cc2)(n2cnc3c(N)ncnc32)O[C@@H]1CO)c1ccccc1[N+](=O)[O-]. The fourth-order valence-corrected chi connectivity index (χ4v) is 5.46. The summed E-state index contributed by atoms with van der Waals surface area (Å²) in [6.45, 7) is 6.64. The number of carbonyl (C=O) groups excluding carboxylic acids is 2. The number of nitrogen functional groups attached to an aromatic ring is 1. The number of ether oxygens (including phenoxy) is 4. The summed E-state index contributed by atoms with van der Waals surface area (Å²) in [6.07, 6.45) is -1.14. The maximum absolute atomic E-state index is 14.1. The Balaban J connectivity index is 1.36. The van der Waals surface area contributed by atoms with Crippen LogP contribution in [0.3, 0.4) is 0 Å². The number of aliphatic hydroxyl groups excluding tert-OH is 1. The number of fused-ring (bicyclic) bond motifs is 1. The normalized spacial score (nSPS) is 20.1. The minimum atomic E-state index is -1.88. The number of aliphatic hydroxyl groups is 1. The van der Waals surface area contributed by atoms with Crippen molar-refractivity contribution in [1.29, 1.82) is 0 Å². The van der Waals surface area contributed by atoms with Crippen LogP contribution in [0.2, 0.25) is 0 Å². The Morgan fingerprint density at radius 1 is 1.17 bits per heavy atom. The van der Waals surface area contributed by atoms with Crippen molar-refractivity contribution in [2.45, 2.75) is 63.4 Å². The molecule has 1 unspecified atom stereocenters. The molecule has 4 aromatic rings. The van der Waals surface area contributed by atoms with E-state index in [2.05, 4.69) is 35.7 Å². The zero-order chi connectivity index (χ0) is 33.9. The molecule has 2 aromatic carbocycles. The zero-order valence-corrected chi connectivity index (χ0v) is 26.4. The Morgan fingerprint density at radius 3 is 2.57 bits per heavy atom. The van der Waals surface area contributed by atoms with Crippen LogP contribution in [0.1, 0.15) is 51.2 Å². The fraction of sp³-hybridized carbons (Fsp3) is 0.406. The highest BCUT2D eigenvalue weighted by atomic mass is 16.7. The van der Waals surface area contributed by atoms with E-state index in [0.717, 1.165) is 5.56 Å². The molecule has 15 heteroatoms. The zero-order valence-electron chi connectivity index (χ0n) is 26.4. The largest absolute Gasteiger partial charge is 0.508 e. The molecule has 0 amide bonds. The van der Waals surface area contributed by atoms with E-state index in [4.69, 9.17) is 24.7 Å². The Labute approximate surface area is 269 Å². The van der Waals surface area contributed by atoms with Crippen LogP contribution in [-0.4, -0.2) is 73.5 Å². The third-order valence-electron chi connectivity index (χ3n) is 8.06. The van der Waals surface area contributed by atoms with Gasteiger partial charge in [0.05, 0.1) is 17.9 Å². The van der Waals surface area contributed by atoms with E-state index >= 15 is 0 Å². The number of nitrogens with two attached hydrogens (primary N) is 1. The van der Waals surface area contributed by atoms with E-state index in [-0.39, 0.29) is 41.1 Å². The topological polar surface area (TPSA) is 204 Å². The van der Waals surface area contributed by atoms with Gasteiger partial charge < -0.3 is 29.8 Å². The molecule has 1 saturated heterocycles. The number of para-hydroxylation sites is 1. The molecule has 5 rings (SSSR count). The van der Waals surface area contributed by atoms with Crippen LogP contribution >= 0.6 is 0 Å². The molecule has 15 nitrogen and oxygen atoms in total. The van der Waals surface area contributed by atoms with Crippen LogP contribution in [0.25, 0.3) is 11.2 Å². The number of hydrogen-bond donors (Lipinski definition) is 2. The van der Waals surface area contributed by atoms with Gasteiger partial charge in [-0.25, -0.2) is 19.7 Å². The van der Waals surface area contributed by atoms with Gasteiger partial charge in [-0.2, -0.15) is 0 Å². The fourth-order valence-electron chi connectivity index (χ4n) is 5.46. The van der Waals surface area contributed by atoms with Gasteiger partial charge in [0.25, 0.3) is 5.69 Å². The molecular weight excluding hydrogens is 612 g/mol. The third-order valence-corrected chi connectivity index (χ3v) is 8.06. The number of carbonyl (C=O) groups is 2. The molecule has 0 bridgehead atoms. The van der Waals surface area contributed by atoms with E-state index in [1.807, 2.05) is 12.1 Å². The Morgan fingerprint density at radius 2 is 1.89 bits per heavy atom. The molecule has 47 heavy (non-hydrogen) atoms. The number of hydrogen-bond acceptors (Lipinski definition) is 13. The van der Waals surface area contributed by atoms with E-state index < -0.39 is 53.9 Å². The lowest BCUT2D eigenvalue weighted by Gasteiger charge is -2.29. The summed E-state index contributed by atoms with van der Waals surface area (Å²) in [5, 5.41) is 21.7. The first kappa shape index (κ1) is 33.2. The second kappa shape index (κ2) is 13.3. The van der Waals surface area contributed by atoms with E-state index in [1.165, 1.54) is 23.3 Å². The van der Waals surface area contributed by atoms with Crippen molar-refractivity contribution in [1.82, 2.24) is 19.5 Å². The molecule has 3 heterocycles. The molecule has 1 fully saturated rings. The van der Waals surface area contributed by atoms with Crippen molar-refractivity contribution >= 4 is 34.6 Å². The number of nitro groups is 1. The summed E-state index contributed by atoms with van der Waals surface area (Å²) in [7, 11) is 0. The second-order valence-electron chi connectivity index (χ2n) is 12.3. The van der Waals surface area contributed by atoms with Gasteiger partial charge in [-0.1, -0.05) is 58.0 Å². The van der Waals surface area contributed by atoms with Crippen molar-refractivity contribution in [2.24, 2.45) is 0 Å². The number of imidazole rings is 1. The number of Topliss-reactive ketones (excluding diaryl/α,β-unsaturated/α-hetero) is 1. The molecule has 0 aliphatic carbocycles. The minimum absolute atomic E-state index is 0.0741. The first-order valence-electron chi connectivity index (χ1n) is 14.9. The predicted octanol–water partition coefficient (Wildman–Crippen LogP) is 4.02. The highest BCUT2D eigenvalue weighted by Crippen LogP contribution is 2.40. The van der Waals surface area contributed by atoms with Gasteiger partial charge in [-0.3, -0.25) is 19.5 Å². The molecule has 248 valence electrons. The number of nitrogens with zero attached hydrogens (tertiary/aromatic N) is 5. The van der Waals surface area contributed by atoms with E-state index in [9.17, 15) is 24.8 Å². The summed E-state index contributed by atoms with van der Waals surface area (Å²) >= 11 is 0. The van der Waals surface area contributed by atoms with Gasteiger partial charge in [-0.15, -0.1) is 0 Å². The van der Waals surface area contributed by atoms with Gasteiger partial charge in [-0.05, 0) is 23.1 Å². The number of anilines is 1. The molecular formula is C32H36N6O9. The second-order valence-corrected chi connectivity index (χ2v) is 12.3. The van der Waals surface area contributed by atoms with Gasteiger partial charge in [0.15, 0.2) is 18.1 Å². The molecule has 1 aliphatic heterocycles. The molecule has 1 aliphatic rings. The highest BCUT2D eigenvalue weighted by Gasteiger charge is 2.55. The van der Waals surface area contributed by atoms with Gasteiger partial charge in [0.1, 0.15) is 36.4 Å². The predicted molar refractivity (Wildman–Crippen MR) is 168 cm³/mol. The van der Waals surface area contributed by atoms with Crippen LogP contribution in [0.4, 0.5) is 16.3 Å². The lowest BCUT2D eigenvalue weighted by molar-refractivity contribution is -0.385. The average Bonchev–Trinajstić information content (AvgIpc) is 3.65. The smallest absolute Gasteiger partial charge is 0.486 e. The first-order chi connectivity index (χ1) is 22.3. The first-order valence-corrected chi connectivity index (χ1v) is 14.9. The highest BCUT2D eigenvalue weighted by molar-refractivity contribution is 5.90. The number of nitro benzene ring substituents is 1. The summed E-state index contributed by atoms with van der Waals surface area (Å²) < 4.78 is 24.3. The van der Waals surface area contributed by atoms with Crippen LogP contribution in [0.15, 0.2) is 61.2 Å². The maximum Gasteiger partial charge on any atom is 0.508 e. The van der Waals surface area contributed by atoms with Crippen LogP contribution in [-0.2, 0) is 30.1 Å². The molecule has 4 atom stereocenters. The van der Waals surface area contributed by atoms with Crippen LogP contribution in [0.5, 0.6) is 5.75 Å². The van der Waals surface area contributed by atoms with Gasteiger partial charge in [0.2, 0.25) is 11.5 Å². The monoisotopic (exact) mass is 648 g/mol. The Kier molecular flexibility index (Phi) is 9.40. The van der Waals surface area contributed by atoms with Crippen molar-refractivity contribution in [3.63, 3.8) is 0 Å². The number of ketones is 1. The van der Waals surface area contributed by atoms with Crippen molar-refractivity contribution < 1.29 is 38.6 Å². The summed E-state index contributed by atoms with van der Waals surface area (Å²) in [6, 6.07) is 13.5. The van der Waals surface area contributed by atoms with Crippen molar-refractivity contribution in [3.8, 4) is 5.75 Å². The molecule has 3 N–H and O–H groups in total. The minimum Gasteiger partial charge on any atom is -0.486 e. The number of rotatable bonds is 11. The molecule has 0 spiro atoms. The Hall–Kier alpha value is -5.15. The van der Waals surface area contributed by atoms with E-state index in [0.29, 0.717) is 11.3 Å². The van der Waals surface area contributed by atoms with Gasteiger partial charge >= 0.3 is 6.16 Å². The molecule has 0 radical (unpaired) electrons. The van der Waals surface area contributed by atoms with Crippen molar-refractivity contribution in [2.75, 3.05) is 25.6 Å². The standard InChI is InChI=1S/C32H36N6O9/c1-19(22-7-5-6-8-23(22)38(42)43)15-45-30(41)46-24-13-32(47-25(24)14-39,37-18-36-27-28(33)34-17-35-29(27)37)26(40)16-44-21-11-9-20(10-12-21)31(2,3)4/h5-12,17-19,24-25,39H,13-16H2,1-4H3,(H2,33,34,35)/t19?,24-,25+,32-/m0/s1. The molecule has 0 saturated carbocycles. The molecule has 2 aromatic heterocycles. The maximum atomic E-state index is 14.1. The van der Waals surface area contributed by atoms with Gasteiger partial charge in [0, 0.05) is 24.0 Å².